The van der Waals surface area contributed by atoms with Gasteiger partial charge < -0.3 is 10.4 Å². The van der Waals surface area contributed by atoms with E-state index in [9.17, 15) is 19.5 Å². The van der Waals surface area contributed by atoms with E-state index in [2.05, 4.69) is 30.6 Å². The van der Waals surface area contributed by atoms with E-state index >= 15 is 0 Å². The van der Waals surface area contributed by atoms with Crippen molar-refractivity contribution in [2.45, 2.75) is 37.8 Å². The summed E-state index contributed by atoms with van der Waals surface area (Å²) in [4.78, 5) is 16.2. The number of nitrogens with one attached hydrogen (secondary N) is 3. The third-order valence-electron chi connectivity index (χ3n) is 4.15. The van der Waals surface area contributed by atoms with E-state index in [1.807, 2.05) is 5.48 Å². The van der Waals surface area contributed by atoms with Crippen molar-refractivity contribution >= 4 is 23.4 Å². The van der Waals surface area contributed by atoms with Crippen LogP contribution in [0.5, 0.6) is 0 Å². The van der Waals surface area contributed by atoms with E-state index in [-0.39, 0.29) is 29.5 Å². The number of carbonyl (C=O) groups is 1. The highest BCUT2D eigenvalue weighted by molar-refractivity contribution is 6.04. The number of aliphatic imine (C=N–C) groups is 1. The first-order valence-electron chi connectivity index (χ1n) is 8.38. The summed E-state index contributed by atoms with van der Waals surface area (Å²) in [5.41, 5.74) is 2.17. The summed E-state index contributed by atoms with van der Waals surface area (Å²) in [5, 5.41) is 31.3. The number of nitrogens with zero attached hydrogens (tertiary/aromatic N) is 3. The maximum Gasteiger partial charge on any atom is 0.320 e. The van der Waals surface area contributed by atoms with Crippen molar-refractivity contribution in [3.8, 4) is 0 Å². The van der Waals surface area contributed by atoms with E-state index in [1.54, 1.807) is 0 Å². The molecule has 1 aromatic heterocycles. The highest BCUT2D eigenvalue weighted by Crippen LogP contribution is 2.19. The number of hydrogen-bond acceptors (Lipinski definition) is 7. The lowest BCUT2D eigenvalue weighted by Crippen LogP contribution is -2.41. The van der Waals surface area contributed by atoms with Crippen LogP contribution in [0.1, 0.15) is 31.4 Å². The Morgan fingerprint density at radius 3 is 2.56 bits per heavy atom. The fourth-order valence-electron chi connectivity index (χ4n) is 2.75. The van der Waals surface area contributed by atoms with Gasteiger partial charge in [-0.25, -0.2) is 18.8 Å². The number of hydroxylamine groups is 1. The molecular weight excluding hydrogens is 359 g/mol. The van der Waals surface area contributed by atoms with Crippen molar-refractivity contribution in [3.63, 3.8) is 0 Å². The standard InChI is InChI=1S/C16H19FN6O4/c17-9-1-3-10(4-2-9)18-14(21-26)13-15(23-27-22-13)20-16(25)19-11-5-7-12(24)8-6-11/h1-4,11-12,24,26H,5-8H2,(H,18,21)(H2,19,20,23,25). The van der Waals surface area contributed by atoms with Crippen LogP contribution in [0.25, 0.3) is 0 Å². The number of hydrogen-bond donors (Lipinski definition) is 5. The number of anilines is 1. The molecule has 0 unspecified atom stereocenters. The molecule has 2 aromatic rings. The van der Waals surface area contributed by atoms with Crippen LogP contribution < -0.4 is 16.1 Å². The Morgan fingerprint density at radius 2 is 1.89 bits per heavy atom. The van der Waals surface area contributed by atoms with E-state index < -0.39 is 11.8 Å². The van der Waals surface area contributed by atoms with Gasteiger partial charge in [-0.1, -0.05) is 0 Å². The molecule has 1 aliphatic rings. The van der Waals surface area contributed by atoms with Gasteiger partial charge in [-0.2, -0.15) is 0 Å². The van der Waals surface area contributed by atoms with Crippen molar-refractivity contribution in [1.29, 1.82) is 0 Å². The molecule has 2 amide bonds. The molecule has 0 atom stereocenters. The van der Waals surface area contributed by atoms with Gasteiger partial charge in [0.05, 0.1) is 11.8 Å². The van der Waals surface area contributed by atoms with Crippen LogP contribution in [0, 0.1) is 5.82 Å². The van der Waals surface area contributed by atoms with Crippen LogP contribution in [-0.4, -0.2) is 44.6 Å². The third kappa shape index (κ3) is 4.99. The molecule has 1 saturated carbocycles. The Morgan fingerprint density at radius 1 is 1.19 bits per heavy atom. The number of rotatable bonds is 4. The summed E-state index contributed by atoms with van der Waals surface area (Å²) >= 11 is 0. The molecular formula is C16H19FN6O4. The SMILES string of the molecule is O=C(Nc1nonc1C(=Nc1ccc(F)cc1)NO)NC1CCC(O)CC1. The first-order valence-corrected chi connectivity index (χ1v) is 8.38. The van der Waals surface area contributed by atoms with Crippen LogP contribution in [0.2, 0.25) is 0 Å². The Kier molecular flexibility index (Phi) is 5.94. The number of urea groups is 1. The van der Waals surface area contributed by atoms with Crippen molar-refractivity contribution in [3.05, 3.63) is 35.8 Å². The Balaban J connectivity index is 1.68. The van der Waals surface area contributed by atoms with Gasteiger partial charge in [-0.15, -0.1) is 0 Å². The zero-order valence-corrected chi connectivity index (χ0v) is 14.2. The van der Waals surface area contributed by atoms with Crippen molar-refractivity contribution in [2.75, 3.05) is 5.32 Å². The van der Waals surface area contributed by atoms with Gasteiger partial charge in [0.2, 0.25) is 5.82 Å². The summed E-state index contributed by atoms with van der Waals surface area (Å²) in [6.45, 7) is 0. The third-order valence-corrected chi connectivity index (χ3v) is 4.15. The summed E-state index contributed by atoms with van der Waals surface area (Å²) in [7, 11) is 0. The van der Waals surface area contributed by atoms with Gasteiger partial charge in [0.15, 0.2) is 11.5 Å². The lowest BCUT2D eigenvalue weighted by atomic mass is 9.93. The first kappa shape index (κ1) is 18.7. The molecule has 0 aliphatic heterocycles. The Labute approximate surface area is 153 Å². The molecule has 0 bridgehead atoms. The molecule has 3 rings (SSSR count). The van der Waals surface area contributed by atoms with Crippen LogP contribution in [0.3, 0.4) is 0 Å². The maximum atomic E-state index is 13.0. The first-order chi connectivity index (χ1) is 13.0. The number of halogens is 1. The van der Waals surface area contributed by atoms with Gasteiger partial charge in [-0.05, 0) is 60.3 Å². The van der Waals surface area contributed by atoms with E-state index in [1.165, 1.54) is 24.3 Å². The van der Waals surface area contributed by atoms with Gasteiger partial charge >= 0.3 is 6.03 Å². The smallest absolute Gasteiger partial charge is 0.320 e. The van der Waals surface area contributed by atoms with E-state index in [4.69, 9.17) is 0 Å². The fraction of sp³-hybridized carbons (Fsp3) is 0.375. The number of amides is 2. The molecule has 1 fully saturated rings. The largest absolute Gasteiger partial charge is 0.393 e. The summed E-state index contributed by atoms with van der Waals surface area (Å²) in [6.07, 6.45) is 2.29. The van der Waals surface area contributed by atoms with Crippen molar-refractivity contribution in [2.24, 2.45) is 4.99 Å². The fourth-order valence-corrected chi connectivity index (χ4v) is 2.75. The molecule has 0 radical (unpaired) electrons. The lowest BCUT2D eigenvalue weighted by molar-refractivity contribution is 0.118. The average Bonchev–Trinajstić information content (AvgIpc) is 3.11. The zero-order chi connectivity index (χ0) is 19.2. The highest BCUT2D eigenvalue weighted by Gasteiger charge is 2.23. The van der Waals surface area contributed by atoms with Crippen LogP contribution >= 0.6 is 0 Å². The second-order valence-electron chi connectivity index (χ2n) is 6.11. The molecule has 1 aliphatic carbocycles. The number of benzene rings is 1. The highest BCUT2D eigenvalue weighted by atomic mass is 19.1. The van der Waals surface area contributed by atoms with Crippen molar-refractivity contribution in [1.82, 2.24) is 21.1 Å². The summed E-state index contributed by atoms with van der Waals surface area (Å²) < 4.78 is 17.6. The van der Waals surface area contributed by atoms with E-state index in [0.29, 0.717) is 31.4 Å². The minimum absolute atomic E-state index is 0.0314. The Hall–Kier alpha value is -3.05. The average molecular weight is 378 g/mol. The monoisotopic (exact) mass is 378 g/mol. The minimum Gasteiger partial charge on any atom is -0.393 e. The second-order valence-corrected chi connectivity index (χ2v) is 6.11. The normalized spacial score (nSPS) is 20.2. The van der Waals surface area contributed by atoms with Gasteiger partial charge in [0.25, 0.3) is 0 Å². The maximum absolute atomic E-state index is 13.0. The quantitative estimate of drug-likeness (QED) is 0.309. The molecule has 1 aromatic carbocycles. The topological polar surface area (TPSA) is 145 Å². The Bertz CT molecular complexity index is 801. The van der Waals surface area contributed by atoms with E-state index in [0.717, 1.165) is 0 Å². The molecule has 144 valence electrons. The predicted molar refractivity (Wildman–Crippen MR) is 92.2 cm³/mol. The molecule has 11 heteroatoms. The van der Waals surface area contributed by atoms with Gasteiger partial charge in [0, 0.05) is 6.04 Å². The molecule has 0 saturated heterocycles. The van der Waals surface area contributed by atoms with Crippen LogP contribution in [0.4, 0.5) is 20.7 Å². The van der Waals surface area contributed by atoms with Gasteiger partial charge in [-0.3, -0.25) is 16.0 Å². The minimum atomic E-state index is -0.521. The number of aliphatic hydroxyl groups excluding tert-OH is 1. The summed E-state index contributed by atoms with van der Waals surface area (Å²) in [6, 6.07) is 4.65. The molecule has 0 spiro atoms. The van der Waals surface area contributed by atoms with Crippen molar-refractivity contribution < 1.29 is 24.1 Å². The number of aliphatic hydroxyl groups is 1. The van der Waals surface area contributed by atoms with Gasteiger partial charge in [0.1, 0.15) is 5.82 Å². The van der Waals surface area contributed by atoms with Crippen LogP contribution in [-0.2, 0) is 0 Å². The summed E-state index contributed by atoms with van der Waals surface area (Å²) in [5.74, 6) is -0.616. The molecule has 27 heavy (non-hydrogen) atoms. The number of aromatic nitrogens is 2. The second kappa shape index (κ2) is 8.56. The molecule has 1 heterocycles. The molecule has 10 nitrogen and oxygen atoms in total. The number of amidine groups is 1. The lowest BCUT2D eigenvalue weighted by Gasteiger charge is -2.25. The van der Waals surface area contributed by atoms with Crippen LogP contribution in [0.15, 0.2) is 33.9 Å². The number of carbonyl (C=O) groups excluding carboxylic acids is 1. The molecule has 5 N–H and O–H groups in total. The zero-order valence-electron chi connectivity index (χ0n) is 14.2. The predicted octanol–water partition coefficient (Wildman–Crippen LogP) is 1.69.